The number of benzene rings is 3. The normalized spacial score (nSPS) is 20.7. The summed E-state index contributed by atoms with van der Waals surface area (Å²) in [5, 5.41) is 1.12. The van der Waals surface area contributed by atoms with Crippen LogP contribution in [0.3, 0.4) is 0 Å². The molecule has 302 valence electrons. The Kier molecular flexibility index (Phi) is 11.4. The van der Waals surface area contributed by atoms with E-state index in [0.717, 1.165) is 29.3 Å². The highest BCUT2D eigenvalue weighted by molar-refractivity contribution is 5.93. The highest BCUT2D eigenvalue weighted by atomic mass is 16.8. The molecule has 3 aliphatic rings. The summed E-state index contributed by atoms with van der Waals surface area (Å²) < 4.78 is 19.6. The molecule has 0 spiro atoms. The largest absolute Gasteiger partial charge is 0.462 e. The van der Waals surface area contributed by atoms with Crippen LogP contribution in [0.2, 0.25) is 0 Å². The second-order valence-corrected chi connectivity index (χ2v) is 15.7. The van der Waals surface area contributed by atoms with E-state index in [-0.39, 0.29) is 54.2 Å². The summed E-state index contributed by atoms with van der Waals surface area (Å²) in [5.74, 6) is -0.152. The van der Waals surface area contributed by atoms with Gasteiger partial charge in [-0.1, -0.05) is 73.7 Å². The first-order valence-corrected chi connectivity index (χ1v) is 20.1. The molecule has 0 saturated carbocycles. The highest BCUT2D eigenvalue weighted by Crippen LogP contribution is 2.44. The number of amides is 2. The van der Waals surface area contributed by atoms with Crippen LogP contribution < -0.4 is 10.4 Å². The lowest BCUT2D eigenvalue weighted by Gasteiger charge is -2.37. The van der Waals surface area contributed by atoms with E-state index in [1.807, 2.05) is 50.1 Å². The molecule has 13 heteroatoms. The number of fused-ring (bicyclic) bond motifs is 4. The van der Waals surface area contributed by atoms with Gasteiger partial charge >= 0.3 is 12.1 Å². The second kappa shape index (κ2) is 17.0. The lowest BCUT2D eigenvalue weighted by Crippen LogP contribution is -2.46. The Morgan fingerprint density at radius 1 is 0.914 bits per heavy atom. The molecule has 4 heterocycles. The maximum Gasteiger partial charge on any atom is 0.410 e. The number of para-hydroxylation sites is 1. The molecule has 2 aliphatic heterocycles. The van der Waals surface area contributed by atoms with E-state index in [4.69, 9.17) is 19.0 Å². The van der Waals surface area contributed by atoms with Gasteiger partial charge in [0.25, 0.3) is 5.91 Å². The Hall–Kier alpha value is -5.79. The van der Waals surface area contributed by atoms with E-state index in [1.165, 1.54) is 41.6 Å². The first-order valence-electron chi connectivity index (χ1n) is 20.1. The fourth-order valence-corrected chi connectivity index (χ4v) is 8.62. The van der Waals surface area contributed by atoms with E-state index in [1.54, 1.807) is 0 Å². The average Bonchev–Trinajstić information content (AvgIpc) is 3.73. The summed E-state index contributed by atoms with van der Waals surface area (Å²) in [4.78, 5) is 57.1. The van der Waals surface area contributed by atoms with Gasteiger partial charge in [0.1, 0.15) is 12.7 Å². The van der Waals surface area contributed by atoms with Crippen LogP contribution in [-0.4, -0.2) is 82.1 Å². The molecule has 2 saturated heterocycles. The van der Waals surface area contributed by atoms with Crippen molar-refractivity contribution in [2.45, 2.75) is 71.0 Å². The third-order valence-corrected chi connectivity index (χ3v) is 11.9. The number of hydroxylamine groups is 1. The van der Waals surface area contributed by atoms with Crippen LogP contribution in [-0.2, 0) is 37.4 Å². The lowest BCUT2D eigenvalue weighted by atomic mass is 9.93. The third kappa shape index (κ3) is 8.28. The number of anilines is 1. The number of piperidine rings is 1. The molecule has 0 unspecified atom stereocenters. The summed E-state index contributed by atoms with van der Waals surface area (Å²) in [6.45, 7) is 7.84. The molecule has 4 atom stereocenters. The molecular formula is C45H50N6O7. The Bertz CT molecular complexity index is 2220. The summed E-state index contributed by atoms with van der Waals surface area (Å²) >= 11 is 0. The van der Waals surface area contributed by atoms with Crippen LogP contribution in [0.5, 0.6) is 0 Å². The number of hydrogen-bond donors (Lipinski definition) is 1. The minimum Gasteiger partial charge on any atom is -0.462 e. The van der Waals surface area contributed by atoms with Crippen molar-refractivity contribution in [3.63, 3.8) is 0 Å². The van der Waals surface area contributed by atoms with Crippen molar-refractivity contribution in [3.8, 4) is 11.1 Å². The van der Waals surface area contributed by atoms with E-state index < -0.39 is 12.2 Å². The van der Waals surface area contributed by atoms with Gasteiger partial charge in [0.15, 0.2) is 6.29 Å². The highest BCUT2D eigenvalue weighted by Gasteiger charge is 2.37. The number of aromatic nitrogens is 3. The minimum absolute atomic E-state index is 0.0132. The fraction of sp³-hybridized carbons (Fsp3) is 0.400. The third-order valence-electron chi connectivity index (χ3n) is 11.9. The first kappa shape index (κ1) is 39.1. The van der Waals surface area contributed by atoms with Crippen LogP contribution >= 0.6 is 0 Å². The molecule has 2 fully saturated rings. The predicted molar refractivity (Wildman–Crippen MR) is 218 cm³/mol. The molecule has 0 radical (unpaired) electrons. The van der Waals surface area contributed by atoms with Gasteiger partial charge in [0.2, 0.25) is 5.95 Å². The van der Waals surface area contributed by atoms with E-state index in [2.05, 4.69) is 79.6 Å². The van der Waals surface area contributed by atoms with Gasteiger partial charge in [-0.15, -0.1) is 0 Å². The maximum absolute atomic E-state index is 14.1. The summed E-state index contributed by atoms with van der Waals surface area (Å²) in [6.07, 6.45) is 5.31. The zero-order chi connectivity index (χ0) is 40.3. The number of aryl methyl sites for hydroxylation is 1. The summed E-state index contributed by atoms with van der Waals surface area (Å²) in [7, 11) is 2.03. The van der Waals surface area contributed by atoms with Crippen LogP contribution in [0.25, 0.3) is 22.0 Å². The number of esters is 1. The Morgan fingerprint density at radius 2 is 1.57 bits per heavy atom. The van der Waals surface area contributed by atoms with Crippen molar-refractivity contribution in [3.05, 3.63) is 114 Å². The van der Waals surface area contributed by atoms with Crippen LogP contribution in [0.1, 0.15) is 73.0 Å². The molecule has 2 amide bonds. The Balaban J connectivity index is 0.889. The molecule has 58 heavy (non-hydrogen) atoms. The number of ether oxygens (including phenoxy) is 3. The SMILES string of the molecule is CC(=O)O[C@H]1C[C@H](ONC(=O)c2cnc(N3CCC(CN(Cc4cn(C)c5ccccc45)C(=O)OCC4c5ccccc5-c5ccccc54)CC3)nc2)O[C@@H](C)[C@H]1C. The molecule has 13 nitrogen and oxygen atoms in total. The quantitative estimate of drug-likeness (QED) is 0.110. The summed E-state index contributed by atoms with van der Waals surface area (Å²) in [6, 6.07) is 25.0. The number of rotatable bonds is 11. The monoisotopic (exact) mass is 786 g/mol. The molecule has 2 aromatic heterocycles. The molecule has 5 aromatic rings. The van der Waals surface area contributed by atoms with Gasteiger partial charge < -0.3 is 28.6 Å². The molecule has 1 aliphatic carbocycles. The van der Waals surface area contributed by atoms with Gasteiger partial charge in [-0.05, 0) is 59.6 Å². The number of hydrogen-bond acceptors (Lipinski definition) is 10. The van der Waals surface area contributed by atoms with Crippen molar-refractivity contribution < 1.29 is 33.4 Å². The maximum atomic E-state index is 14.1. The lowest BCUT2D eigenvalue weighted by molar-refractivity contribution is -0.248. The predicted octanol–water partition coefficient (Wildman–Crippen LogP) is 7.00. The van der Waals surface area contributed by atoms with Gasteiger partial charge in [0.05, 0.1) is 18.2 Å². The topological polar surface area (TPSA) is 137 Å². The van der Waals surface area contributed by atoms with Gasteiger partial charge in [-0.2, -0.15) is 0 Å². The van der Waals surface area contributed by atoms with Crippen molar-refractivity contribution >= 4 is 34.8 Å². The number of nitrogens with one attached hydrogen (secondary N) is 1. The van der Waals surface area contributed by atoms with E-state index >= 15 is 0 Å². The number of carbonyl (C=O) groups excluding carboxylic acids is 3. The van der Waals surface area contributed by atoms with Gasteiger partial charge in [0, 0.05) is 81.4 Å². The van der Waals surface area contributed by atoms with Crippen LogP contribution in [0.4, 0.5) is 10.7 Å². The van der Waals surface area contributed by atoms with E-state index in [9.17, 15) is 14.4 Å². The van der Waals surface area contributed by atoms with Crippen molar-refractivity contribution in [2.75, 3.05) is 31.1 Å². The zero-order valence-corrected chi connectivity index (χ0v) is 33.4. The second-order valence-electron chi connectivity index (χ2n) is 15.7. The molecule has 3 aromatic carbocycles. The smallest absolute Gasteiger partial charge is 0.410 e. The van der Waals surface area contributed by atoms with E-state index in [0.29, 0.717) is 38.5 Å². The summed E-state index contributed by atoms with van der Waals surface area (Å²) in [5.41, 5.74) is 9.62. The van der Waals surface area contributed by atoms with Gasteiger partial charge in [-0.3, -0.25) is 9.59 Å². The zero-order valence-electron chi connectivity index (χ0n) is 33.4. The van der Waals surface area contributed by atoms with Crippen molar-refractivity contribution in [1.82, 2.24) is 24.9 Å². The Labute approximate surface area is 338 Å². The molecule has 0 bridgehead atoms. The van der Waals surface area contributed by atoms with Crippen molar-refractivity contribution in [1.29, 1.82) is 0 Å². The molecular weight excluding hydrogens is 737 g/mol. The average molecular weight is 787 g/mol. The van der Waals surface area contributed by atoms with Gasteiger partial charge in [-0.25, -0.2) is 25.1 Å². The van der Waals surface area contributed by atoms with Crippen LogP contribution in [0, 0.1) is 11.8 Å². The minimum atomic E-state index is -0.770. The Morgan fingerprint density at radius 3 is 2.26 bits per heavy atom. The molecule has 8 rings (SSSR count). The number of nitrogens with zero attached hydrogens (tertiary/aromatic N) is 5. The van der Waals surface area contributed by atoms with Crippen molar-refractivity contribution in [2.24, 2.45) is 18.9 Å². The fourth-order valence-electron chi connectivity index (χ4n) is 8.62. The molecule has 1 N–H and O–H groups in total. The standard InChI is InChI=1S/C45H50N6O7/c1-28-29(2)56-42(21-41(28)57-30(3)52)58-48-43(53)32-22-46-44(47-23-32)50-19-17-31(18-20-50)24-51(26-33-25-49(4)40-16-10-9-11-34(33)40)45(54)55-27-39-37-14-7-5-12-35(37)36-13-6-8-15-38(36)39/h5-16,22-23,25,28-29,31,39,41-42H,17-21,24,26-27H2,1-4H3,(H,48,53)/t28-,29+,41+,42+/m1/s1. The van der Waals surface area contributed by atoms with Crippen LogP contribution in [0.15, 0.2) is 91.4 Å². The number of carbonyl (C=O) groups is 3. The first-order chi connectivity index (χ1) is 28.1.